The topological polar surface area (TPSA) is 40.5 Å². The summed E-state index contributed by atoms with van der Waals surface area (Å²) in [4.78, 5) is 0. The normalized spacial score (nSPS) is 33.2. The van der Waals surface area contributed by atoms with Gasteiger partial charge in [0.05, 0.1) is 12.7 Å². The fourth-order valence-corrected chi connectivity index (χ4v) is 2.70. The Morgan fingerprint density at radius 1 is 1.38 bits per heavy atom. The minimum Gasteiger partial charge on any atom is -0.394 e. The second-order valence-electron chi connectivity index (χ2n) is 4.62. The van der Waals surface area contributed by atoms with E-state index in [1.54, 1.807) is 0 Å². The number of aliphatic hydroxyl groups is 2. The van der Waals surface area contributed by atoms with Crippen LogP contribution in [0.25, 0.3) is 0 Å². The van der Waals surface area contributed by atoms with Gasteiger partial charge in [0, 0.05) is 0 Å². The van der Waals surface area contributed by atoms with E-state index in [2.05, 4.69) is 13.8 Å². The molecule has 0 spiro atoms. The molecule has 0 heterocycles. The third-order valence-corrected chi connectivity index (χ3v) is 3.51. The lowest BCUT2D eigenvalue weighted by Crippen LogP contribution is -2.22. The summed E-state index contributed by atoms with van der Waals surface area (Å²) >= 11 is 0. The molecule has 1 saturated carbocycles. The molecule has 0 aromatic rings. The predicted molar refractivity (Wildman–Crippen MR) is 53.4 cm³/mol. The van der Waals surface area contributed by atoms with Crippen LogP contribution in [0.1, 0.15) is 39.5 Å². The molecule has 1 rings (SSSR count). The zero-order chi connectivity index (χ0) is 9.84. The maximum absolute atomic E-state index is 9.32. The van der Waals surface area contributed by atoms with E-state index in [1.807, 2.05) is 0 Å². The average Bonchev–Trinajstić information content (AvgIpc) is 2.51. The Balaban J connectivity index is 2.33. The molecule has 1 fully saturated rings. The lowest BCUT2D eigenvalue weighted by Gasteiger charge is -2.24. The monoisotopic (exact) mass is 186 g/mol. The molecule has 0 aromatic carbocycles. The standard InChI is InChI=1S/C11H22O2/c1-8-4-3-5-11(8)9(2)6-10(13)7-12/h8-13H,3-7H2,1-2H3. The van der Waals surface area contributed by atoms with E-state index in [-0.39, 0.29) is 6.61 Å². The summed E-state index contributed by atoms with van der Waals surface area (Å²) in [6, 6.07) is 0. The minimum atomic E-state index is -0.511. The molecular weight excluding hydrogens is 164 g/mol. The van der Waals surface area contributed by atoms with Gasteiger partial charge in [-0.3, -0.25) is 0 Å². The smallest absolute Gasteiger partial charge is 0.0773 e. The number of aliphatic hydroxyl groups excluding tert-OH is 2. The van der Waals surface area contributed by atoms with Gasteiger partial charge in [0.1, 0.15) is 0 Å². The molecule has 0 bridgehead atoms. The summed E-state index contributed by atoms with van der Waals surface area (Å²) in [5, 5.41) is 18.1. The van der Waals surface area contributed by atoms with Crippen LogP contribution >= 0.6 is 0 Å². The second kappa shape index (κ2) is 4.97. The van der Waals surface area contributed by atoms with Gasteiger partial charge in [0.25, 0.3) is 0 Å². The summed E-state index contributed by atoms with van der Waals surface area (Å²) in [6.07, 6.45) is 4.23. The fraction of sp³-hybridized carbons (Fsp3) is 1.00. The van der Waals surface area contributed by atoms with Crippen molar-refractivity contribution < 1.29 is 10.2 Å². The van der Waals surface area contributed by atoms with Crippen molar-refractivity contribution in [1.82, 2.24) is 0 Å². The van der Waals surface area contributed by atoms with Crippen molar-refractivity contribution in [3.8, 4) is 0 Å². The zero-order valence-electron chi connectivity index (χ0n) is 8.74. The van der Waals surface area contributed by atoms with Gasteiger partial charge in [-0.15, -0.1) is 0 Å². The molecule has 78 valence electrons. The molecule has 4 unspecified atom stereocenters. The molecule has 2 nitrogen and oxygen atoms in total. The van der Waals surface area contributed by atoms with Gasteiger partial charge in [-0.25, -0.2) is 0 Å². The molecule has 1 aliphatic rings. The summed E-state index contributed by atoms with van der Waals surface area (Å²) < 4.78 is 0. The zero-order valence-corrected chi connectivity index (χ0v) is 8.74. The van der Waals surface area contributed by atoms with Crippen LogP contribution in [0, 0.1) is 17.8 Å². The quantitative estimate of drug-likeness (QED) is 0.703. The molecule has 13 heavy (non-hydrogen) atoms. The lowest BCUT2D eigenvalue weighted by atomic mass is 9.83. The average molecular weight is 186 g/mol. The number of hydrogen-bond donors (Lipinski definition) is 2. The van der Waals surface area contributed by atoms with E-state index >= 15 is 0 Å². The van der Waals surface area contributed by atoms with Gasteiger partial charge in [0.2, 0.25) is 0 Å². The Labute approximate surface area is 81.0 Å². The molecule has 2 heteroatoms. The Morgan fingerprint density at radius 3 is 2.54 bits per heavy atom. The van der Waals surface area contributed by atoms with Crippen molar-refractivity contribution in [2.45, 2.75) is 45.6 Å². The molecule has 4 atom stereocenters. The molecule has 0 aliphatic heterocycles. The third kappa shape index (κ3) is 2.96. The largest absolute Gasteiger partial charge is 0.394 e. The van der Waals surface area contributed by atoms with E-state index in [0.717, 1.165) is 18.3 Å². The van der Waals surface area contributed by atoms with Crippen LogP contribution in [-0.2, 0) is 0 Å². The first-order valence-corrected chi connectivity index (χ1v) is 5.44. The summed E-state index contributed by atoms with van der Waals surface area (Å²) in [7, 11) is 0. The van der Waals surface area contributed by atoms with Crippen LogP contribution in [0.5, 0.6) is 0 Å². The second-order valence-corrected chi connectivity index (χ2v) is 4.62. The highest BCUT2D eigenvalue weighted by atomic mass is 16.3. The van der Waals surface area contributed by atoms with Crippen LogP contribution in [0.3, 0.4) is 0 Å². The number of rotatable bonds is 4. The molecule has 0 saturated heterocycles. The predicted octanol–water partition coefficient (Wildman–Crippen LogP) is 1.80. The van der Waals surface area contributed by atoms with Crippen molar-refractivity contribution >= 4 is 0 Å². The first kappa shape index (κ1) is 11.0. The number of hydrogen-bond acceptors (Lipinski definition) is 2. The summed E-state index contributed by atoms with van der Waals surface area (Å²) in [5.41, 5.74) is 0. The highest BCUT2D eigenvalue weighted by Crippen LogP contribution is 2.38. The van der Waals surface area contributed by atoms with Crippen LogP contribution in [0.2, 0.25) is 0 Å². The third-order valence-electron chi connectivity index (χ3n) is 3.51. The Kier molecular flexibility index (Phi) is 4.20. The van der Waals surface area contributed by atoms with Crippen molar-refractivity contribution in [3.63, 3.8) is 0 Å². The van der Waals surface area contributed by atoms with E-state index in [1.165, 1.54) is 19.3 Å². The van der Waals surface area contributed by atoms with Crippen LogP contribution in [0.4, 0.5) is 0 Å². The van der Waals surface area contributed by atoms with Gasteiger partial charge in [-0.1, -0.05) is 26.7 Å². The summed E-state index contributed by atoms with van der Waals surface area (Å²) in [6.45, 7) is 4.41. The Hall–Kier alpha value is -0.0800. The molecule has 1 aliphatic carbocycles. The van der Waals surface area contributed by atoms with E-state index in [4.69, 9.17) is 5.11 Å². The molecule has 0 aromatic heterocycles. The van der Waals surface area contributed by atoms with Gasteiger partial charge in [-0.2, -0.15) is 0 Å². The van der Waals surface area contributed by atoms with Gasteiger partial charge >= 0.3 is 0 Å². The lowest BCUT2D eigenvalue weighted by molar-refractivity contribution is 0.0641. The van der Waals surface area contributed by atoms with Crippen LogP contribution < -0.4 is 0 Å². The van der Waals surface area contributed by atoms with Crippen LogP contribution in [0.15, 0.2) is 0 Å². The maximum Gasteiger partial charge on any atom is 0.0773 e. The van der Waals surface area contributed by atoms with E-state index in [0.29, 0.717) is 5.92 Å². The van der Waals surface area contributed by atoms with Gasteiger partial charge < -0.3 is 10.2 Å². The first-order valence-electron chi connectivity index (χ1n) is 5.44. The molecular formula is C11H22O2. The summed E-state index contributed by atoms with van der Waals surface area (Å²) in [5.74, 6) is 2.13. The van der Waals surface area contributed by atoms with Crippen molar-refractivity contribution in [2.75, 3.05) is 6.61 Å². The van der Waals surface area contributed by atoms with Crippen LogP contribution in [-0.4, -0.2) is 22.9 Å². The minimum absolute atomic E-state index is 0.0918. The van der Waals surface area contributed by atoms with Gasteiger partial charge in [-0.05, 0) is 30.6 Å². The highest BCUT2D eigenvalue weighted by Gasteiger charge is 2.28. The maximum atomic E-state index is 9.32. The molecule has 2 N–H and O–H groups in total. The first-order chi connectivity index (χ1) is 6.15. The van der Waals surface area contributed by atoms with Crippen molar-refractivity contribution in [3.05, 3.63) is 0 Å². The molecule has 0 amide bonds. The van der Waals surface area contributed by atoms with Gasteiger partial charge in [0.15, 0.2) is 0 Å². The van der Waals surface area contributed by atoms with Crippen molar-refractivity contribution in [1.29, 1.82) is 0 Å². The van der Waals surface area contributed by atoms with E-state index < -0.39 is 6.10 Å². The van der Waals surface area contributed by atoms with Crippen molar-refractivity contribution in [2.24, 2.45) is 17.8 Å². The molecule has 0 radical (unpaired) electrons. The highest BCUT2D eigenvalue weighted by molar-refractivity contribution is 4.79. The SMILES string of the molecule is CC1CCCC1C(C)CC(O)CO. The fourth-order valence-electron chi connectivity index (χ4n) is 2.70. The Morgan fingerprint density at radius 2 is 2.08 bits per heavy atom. The van der Waals surface area contributed by atoms with E-state index in [9.17, 15) is 5.11 Å². The Bertz CT molecular complexity index is 147.